The largest absolute Gasteiger partial charge is 0.396 e. The van der Waals surface area contributed by atoms with Gasteiger partial charge in [0.15, 0.2) is 0 Å². The van der Waals surface area contributed by atoms with Gasteiger partial charge in [0.05, 0.1) is 11.4 Å². The van der Waals surface area contributed by atoms with E-state index in [4.69, 9.17) is 11.5 Å². The number of nitrogens with zero attached hydrogens (tertiary/aromatic N) is 1. The Morgan fingerprint density at radius 1 is 1.41 bits per heavy atom. The first-order chi connectivity index (χ1) is 10.5. The van der Waals surface area contributed by atoms with Crippen molar-refractivity contribution in [2.24, 2.45) is 22.4 Å². The van der Waals surface area contributed by atoms with E-state index in [-0.39, 0.29) is 0 Å². The fourth-order valence-corrected chi connectivity index (χ4v) is 2.24. The second-order valence-corrected chi connectivity index (χ2v) is 5.60. The van der Waals surface area contributed by atoms with Crippen molar-refractivity contribution in [1.29, 1.82) is 0 Å². The van der Waals surface area contributed by atoms with Gasteiger partial charge in [0, 0.05) is 0 Å². The lowest BCUT2D eigenvalue weighted by Gasteiger charge is -2.14. The van der Waals surface area contributed by atoms with Crippen LogP contribution in [0.25, 0.3) is 0 Å². The third kappa shape index (κ3) is 5.06. The zero-order valence-corrected chi connectivity index (χ0v) is 14.1. The van der Waals surface area contributed by atoms with Crippen LogP contribution in [0.2, 0.25) is 0 Å². The molecule has 1 aliphatic heterocycles. The third-order valence-electron chi connectivity index (χ3n) is 3.95. The smallest absolute Gasteiger partial charge is 0.147 e. The first-order valence-corrected chi connectivity index (χ1v) is 8.06. The van der Waals surface area contributed by atoms with E-state index in [2.05, 4.69) is 50.6 Å². The SMILES string of the molecule is C=C/C=C(\C=C/C(C)CC)C1=CCC/C(CC)=C(N)\C(N)=N/1. The van der Waals surface area contributed by atoms with Crippen LogP contribution in [-0.4, -0.2) is 5.84 Å². The highest BCUT2D eigenvalue weighted by atomic mass is 14.9. The highest BCUT2D eigenvalue weighted by Crippen LogP contribution is 2.22. The molecule has 0 fully saturated rings. The fourth-order valence-electron chi connectivity index (χ4n) is 2.24. The summed E-state index contributed by atoms with van der Waals surface area (Å²) < 4.78 is 0. The van der Waals surface area contributed by atoms with Crippen molar-refractivity contribution in [2.75, 3.05) is 0 Å². The Bertz CT molecular complexity index is 545. The molecule has 0 amide bonds. The minimum Gasteiger partial charge on any atom is -0.396 e. The molecule has 22 heavy (non-hydrogen) atoms. The summed E-state index contributed by atoms with van der Waals surface area (Å²) in [4.78, 5) is 4.54. The van der Waals surface area contributed by atoms with Crippen LogP contribution in [0.5, 0.6) is 0 Å². The van der Waals surface area contributed by atoms with Crippen LogP contribution in [0.15, 0.2) is 64.5 Å². The van der Waals surface area contributed by atoms with Crippen LogP contribution >= 0.6 is 0 Å². The van der Waals surface area contributed by atoms with Gasteiger partial charge in [0.2, 0.25) is 0 Å². The van der Waals surface area contributed by atoms with Crippen LogP contribution < -0.4 is 11.5 Å². The number of amidine groups is 1. The monoisotopic (exact) mass is 299 g/mol. The fraction of sp³-hybridized carbons (Fsp3) is 0.421. The Hall–Kier alpha value is -2.03. The van der Waals surface area contributed by atoms with Crippen molar-refractivity contribution in [2.45, 2.75) is 46.5 Å². The molecule has 0 aromatic heterocycles. The standard InChI is InChI=1S/C19H29N3/c1-5-9-16(13-12-14(4)6-2)17-11-8-10-15(7-3)18(20)19(21)22-17/h5,9,11-14H,1,6-8,10,20H2,2-4H3,(H2,21,22)/b13-12-,16-9+,17-11?,18-15+. The summed E-state index contributed by atoms with van der Waals surface area (Å²) >= 11 is 0. The van der Waals surface area contributed by atoms with Gasteiger partial charge in [-0.15, -0.1) is 0 Å². The summed E-state index contributed by atoms with van der Waals surface area (Å²) in [5, 5.41) is 0. The van der Waals surface area contributed by atoms with E-state index in [0.29, 0.717) is 17.5 Å². The average molecular weight is 299 g/mol. The summed E-state index contributed by atoms with van der Waals surface area (Å²) in [5.74, 6) is 0.940. The average Bonchev–Trinajstić information content (AvgIpc) is 2.52. The summed E-state index contributed by atoms with van der Waals surface area (Å²) in [7, 11) is 0. The van der Waals surface area contributed by atoms with Gasteiger partial charge in [-0.05, 0) is 36.3 Å². The summed E-state index contributed by atoms with van der Waals surface area (Å²) in [6.07, 6.45) is 14.0. The van der Waals surface area contributed by atoms with E-state index in [1.165, 1.54) is 5.57 Å². The number of hydrogen-bond acceptors (Lipinski definition) is 3. The van der Waals surface area contributed by atoms with Gasteiger partial charge < -0.3 is 11.5 Å². The van der Waals surface area contributed by atoms with Crippen LogP contribution in [0, 0.1) is 5.92 Å². The molecule has 1 unspecified atom stereocenters. The Morgan fingerprint density at radius 3 is 2.73 bits per heavy atom. The molecule has 3 nitrogen and oxygen atoms in total. The van der Waals surface area contributed by atoms with Crippen molar-refractivity contribution >= 4 is 5.84 Å². The van der Waals surface area contributed by atoms with Crippen molar-refractivity contribution in [3.8, 4) is 0 Å². The zero-order valence-electron chi connectivity index (χ0n) is 14.1. The van der Waals surface area contributed by atoms with Crippen molar-refractivity contribution < 1.29 is 0 Å². The molecule has 4 N–H and O–H groups in total. The Morgan fingerprint density at radius 2 is 2.14 bits per heavy atom. The molecule has 0 aliphatic carbocycles. The van der Waals surface area contributed by atoms with Crippen molar-refractivity contribution in [1.82, 2.24) is 0 Å². The topological polar surface area (TPSA) is 64.4 Å². The Kier molecular flexibility index (Phi) is 7.44. The highest BCUT2D eigenvalue weighted by molar-refractivity contribution is 5.97. The normalized spacial score (nSPS) is 24.2. The first-order valence-electron chi connectivity index (χ1n) is 8.06. The summed E-state index contributed by atoms with van der Waals surface area (Å²) in [5.41, 5.74) is 15.9. The Balaban J connectivity index is 3.16. The third-order valence-corrected chi connectivity index (χ3v) is 3.95. The van der Waals surface area contributed by atoms with Gasteiger partial charge in [0.25, 0.3) is 0 Å². The predicted molar refractivity (Wildman–Crippen MR) is 97.3 cm³/mol. The lowest BCUT2D eigenvalue weighted by Crippen LogP contribution is -2.24. The van der Waals surface area contributed by atoms with Gasteiger partial charge in [0.1, 0.15) is 5.84 Å². The molecule has 0 aromatic carbocycles. The zero-order chi connectivity index (χ0) is 16.5. The minimum absolute atomic E-state index is 0.412. The quantitative estimate of drug-likeness (QED) is 0.716. The van der Waals surface area contributed by atoms with Gasteiger partial charge >= 0.3 is 0 Å². The summed E-state index contributed by atoms with van der Waals surface area (Å²) in [6, 6.07) is 0. The van der Waals surface area contributed by atoms with E-state index in [0.717, 1.165) is 37.0 Å². The van der Waals surface area contributed by atoms with Crippen LogP contribution in [0.4, 0.5) is 0 Å². The molecule has 120 valence electrons. The van der Waals surface area contributed by atoms with Crippen LogP contribution in [-0.2, 0) is 0 Å². The van der Waals surface area contributed by atoms with E-state index < -0.39 is 0 Å². The number of rotatable bonds is 6. The molecule has 1 rings (SSSR count). The lowest BCUT2D eigenvalue weighted by atomic mass is 10.0. The number of allylic oxidation sites excluding steroid dienone is 6. The number of nitrogens with two attached hydrogens (primary N) is 2. The van der Waals surface area contributed by atoms with Crippen LogP contribution in [0.1, 0.15) is 46.5 Å². The maximum Gasteiger partial charge on any atom is 0.147 e. The van der Waals surface area contributed by atoms with E-state index >= 15 is 0 Å². The molecular weight excluding hydrogens is 270 g/mol. The molecule has 1 aliphatic rings. The second kappa shape index (κ2) is 9.08. The minimum atomic E-state index is 0.412. The number of hydrogen-bond donors (Lipinski definition) is 2. The van der Waals surface area contributed by atoms with Gasteiger partial charge in [-0.3, -0.25) is 0 Å². The molecule has 1 atom stereocenters. The molecule has 0 radical (unpaired) electrons. The van der Waals surface area contributed by atoms with Gasteiger partial charge in [-0.2, -0.15) is 0 Å². The van der Waals surface area contributed by atoms with Crippen molar-refractivity contribution in [3.05, 3.63) is 59.5 Å². The van der Waals surface area contributed by atoms with E-state index in [1.807, 2.05) is 6.08 Å². The number of aliphatic imine (C=N–C) groups is 1. The van der Waals surface area contributed by atoms with Gasteiger partial charge in [-0.25, -0.2) is 4.99 Å². The second-order valence-electron chi connectivity index (χ2n) is 5.60. The van der Waals surface area contributed by atoms with E-state index in [9.17, 15) is 0 Å². The molecule has 0 spiro atoms. The molecule has 1 heterocycles. The highest BCUT2D eigenvalue weighted by Gasteiger charge is 2.11. The molecule has 0 saturated heterocycles. The maximum absolute atomic E-state index is 6.12. The molecular formula is C19H29N3. The maximum atomic E-state index is 6.12. The lowest BCUT2D eigenvalue weighted by molar-refractivity contribution is 0.698. The predicted octanol–water partition coefficient (Wildman–Crippen LogP) is 4.36. The molecule has 0 aromatic rings. The Labute approximate surface area is 134 Å². The van der Waals surface area contributed by atoms with Crippen molar-refractivity contribution in [3.63, 3.8) is 0 Å². The molecule has 0 bridgehead atoms. The van der Waals surface area contributed by atoms with Gasteiger partial charge in [-0.1, -0.05) is 64.2 Å². The van der Waals surface area contributed by atoms with E-state index in [1.54, 1.807) is 6.08 Å². The first kappa shape index (κ1) is 18.0. The summed E-state index contributed by atoms with van der Waals surface area (Å²) in [6.45, 7) is 10.3. The van der Waals surface area contributed by atoms with Crippen LogP contribution in [0.3, 0.4) is 0 Å². The molecule has 0 saturated carbocycles. The molecule has 3 heteroatoms.